The van der Waals surface area contributed by atoms with Crippen LogP contribution in [0, 0.1) is 16.7 Å². The summed E-state index contributed by atoms with van der Waals surface area (Å²) in [6.07, 6.45) is 0. The number of carbonyl (C=O) groups excluding carboxylic acids is 1. The van der Waals surface area contributed by atoms with Crippen molar-refractivity contribution in [1.29, 1.82) is 0 Å². The van der Waals surface area contributed by atoms with Crippen LogP contribution in [0.1, 0.15) is 27.7 Å². The molecule has 2 fully saturated rings. The molecule has 0 aromatic carbocycles. The van der Waals surface area contributed by atoms with Crippen molar-refractivity contribution in [2.75, 3.05) is 39.3 Å². The number of nitrogens with zero attached hydrogens (tertiary/aromatic N) is 2. The molecule has 6 nitrogen and oxygen atoms in total. The Morgan fingerprint density at radius 2 is 1.62 bits per heavy atom. The third-order valence-electron chi connectivity index (χ3n) is 5.80. The summed E-state index contributed by atoms with van der Waals surface area (Å²) < 4.78 is 0. The Morgan fingerprint density at radius 1 is 1.10 bits per heavy atom. The van der Waals surface area contributed by atoms with Crippen molar-refractivity contribution in [3.05, 3.63) is 0 Å². The summed E-state index contributed by atoms with van der Waals surface area (Å²) in [5.41, 5.74) is 0.556. The summed E-state index contributed by atoms with van der Waals surface area (Å²) in [6.45, 7) is 12.2. The van der Waals surface area contributed by atoms with E-state index < -0.39 is 5.97 Å². The number of hydrogen-bond acceptors (Lipinski definition) is 3. The first-order valence-electron chi connectivity index (χ1n) is 7.63. The molecule has 0 unspecified atom stereocenters. The van der Waals surface area contributed by atoms with Crippen LogP contribution in [0.4, 0.5) is 4.79 Å². The normalized spacial score (nSPS) is 24.7. The van der Waals surface area contributed by atoms with Crippen LogP contribution < -0.4 is 5.32 Å². The van der Waals surface area contributed by atoms with Gasteiger partial charge >= 0.3 is 12.0 Å². The van der Waals surface area contributed by atoms with Crippen molar-refractivity contribution in [1.82, 2.24) is 15.1 Å². The molecule has 1 aliphatic heterocycles. The summed E-state index contributed by atoms with van der Waals surface area (Å²) in [7, 11) is 0. The van der Waals surface area contributed by atoms with Gasteiger partial charge in [-0.05, 0) is 16.7 Å². The fraction of sp³-hybridized carbons (Fsp3) is 0.867. The molecular weight excluding hydrogens is 270 g/mol. The second-order valence-electron chi connectivity index (χ2n) is 7.34. The van der Waals surface area contributed by atoms with E-state index >= 15 is 0 Å². The molecule has 120 valence electrons. The van der Waals surface area contributed by atoms with Crippen molar-refractivity contribution in [3.8, 4) is 0 Å². The molecule has 21 heavy (non-hydrogen) atoms. The van der Waals surface area contributed by atoms with Gasteiger partial charge in [0, 0.05) is 32.7 Å². The molecule has 1 saturated carbocycles. The van der Waals surface area contributed by atoms with Gasteiger partial charge in [0.1, 0.15) is 0 Å². The molecule has 2 N–H and O–H groups in total. The smallest absolute Gasteiger partial charge is 0.317 e. The van der Waals surface area contributed by atoms with Crippen molar-refractivity contribution in [2.24, 2.45) is 16.7 Å². The molecule has 0 bridgehead atoms. The number of amides is 2. The van der Waals surface area contributed by atoms with E-state index in [1.54, 1.807) is 4.90 Å². The summed E-state index contributed by atoms with van der Waals surface area (Å²) in [5, 5.41) is 11.8. The van der Waals surface area contributed by atoms with Crippen LogP contribution in [0.3, 0.4) is 0 Å². The largest absolute Gasteiger partial charge is 0.480 e. The minimum atomic E-state index is -0.814. The fourth-order valence-corrected chi connectivity index (χ4v) is 3.45. The first kappa shape index (κ1) is 16.1. The molecule has 6 heteroatoms. The number of carboxylic acid groups (broad SMARTS) is 1. The number of piperazine rings is 1. The molecule has 2 aliphatic rings. The van der Waals surface area contributed by atoms with Crippen molar-refractivity contribution >= 4 is 12.0 Å². The molecule has 2 amide bonds. The van der Waals surface area contributed by atoms with Crippen LogP contribution in [0.25, 0.3) is 0 Å². The molecular formula is C15H27N3O3. The molecule has 2 rings (SSSR count). The van der Waals surface area contributed by atoms with Gasteiger partial charge in [0.05, 0.1) is 6.54 Å². The van der Waals surface area contributed by atoms with E-state index in [1.165, 1.54) is 0 Å². The number of nitrogens with one attached hydrogen (secondary N) is 1. The number of rotatable bonds is 4. The van der Waals surface area contributed by atoms with E-state index in [0.29, 0.717) is 38.6 Å². The lowest BCUT2D eigenvalue weighted by Gasteiger charge is -2.33. The number of urea groups is 1. The second-order valence-corrected chi connectivity index (χ2v) is 7.34. The highest BCUT2D eigenvalue weighted by Crippen LogP contribution is 2.67. The van der Waals surface area contributed by atoms with Crippen LogP contribution in [-0.2, 0) is 4.79 Å². The predicted molar refractivity (Wildman–Crippen MR) is 80.1 cm³/mol. The molecule has 0 atom stereocenters. The Kier molecular flexibility index (Phi) is 4.19. The van der Waals surface area contributed by atoms with Gasteiger partial charge in [0.2, 0.25) is 0 Å². The van der Waals surface area contributed by atoms with Gasteiger partial charge < -0.3 is 15.3 Å². The van der Waals surface area contributed by atoms with Crippen molar-refractivity contribution in [2.45, 2.75) is 27.7 Å². The molecule has 1 aliphatic carbocycles. The topological polar surface area (TPSA) is 72.9 Å². The summed E-state index contributed by atoms with van der Waals surface area (Å²) in [5.74, 6) is -0.298. The van der Waals surface area contributed by atoms with Crippen molar-refractivity contribution < 1.29 is 14.7 Å². The van der Waals surface area contributed by atoms with Crippen LogP contribution in [0.15, 0.2) is 0 Å². The SMILES string of the molecule is CC1(C)C(CNC(=O)N2CCN(CC(=O)O)CC2)C1(C)C. The van der Waals surface area contributed by atoms with E-state index in [1.807, 2.05) is 4.90 Å². The van der Waals surface area contributed by atoms with Gasteiger partial charge in [-0.3, -0.25) is 9.69 Å². The molecule has 0 aromatic rings. The second kappa shape index (κ2) is 5.48. The first-order valence-corrected chi connectivity index (χ1v) is 7.63. The maximum atomic E-state index is 12.2. The molecule has 0 spiro atoms. The van der Waals surface area contributed by atoms with Gasteiger partial charge in [-0.15, -0.1) is 0 Å². The highest BCUT2D eigenvalue weighted by Gasteiger charge is 2.64. The maximum Gasteiger partial charge on any atom is 0.317 e. The zero-order chi connectivity index (χ0) is 15.8. The maximum absolute atomic E-state index is 12.2. The standard InChI is InChI=1S/C15H27N3O3/c1-14(2)11(15(14,3)4)9-16-13(21)18-7-5-17(6-8-18)10-12(19)20/h11H,5-10H2,1-4H3,(H,16,21)(H,19,20). The summed E-state index contributed by atoms with van der Waals surface area (Å²) >= 11 is 0. The third-order valence-corrected chi connectivity index (χ3v) is 5.80. The van der Waals surface area contributed by atoms with Crippen LogP contribution in [-0.4, -0.2) is 66.2 Å². The van der Waals surface area contributed by atoms with E-state index in [-0.39, 0.29) is 23.4 Å². The van der Waals surface area contributed by atoms with Gasteiger partial charge in [0.25, 0.3) is 0 Å². The van der Waals surface area contributed by atoms with Gasteiger partial charge in [0.15, 0.2) is 0 Å². The predicted octanol–water partition coefficient (Wildman–Crippen LogP) is 1.08. The van der Waals surface area contributed by atoms with Crippen molar-refractivity contribution in [3.63, 3.8) is 0 Å². The fourth-order valence-electron chi connectivity index (χ4n) is 3.45. The average Bonchev–Trinajstić information content (AvgIpc) is 2.77. The zero-order valence-corrected chi connectivity index (χ0v) is 13.5. The highest BCUT2D eigenvalue weighted by molar-refractivity contribution is 5.74. The zero-order valence-electron chi connectivity index (χ0n) is 13.5. The van der Waals surface area contributed by atoms with E-state index in [0.717, 1.165) is 0 Å². The minimum Gasteiger partial charge on any atom is -0.480 e. The van der Waals surface area contributed by atoms with Crippen LogP contribution >= 0.6 is 0 Å². The Hall–Kier alpha value is -1.30. The number of carboxylic acids is 1. The summed E-state index contributed by atoms with van der Waals surface area (Å²) in [4.78, 5) is 26.5. The molecule has 0 aromatic heterocycles. The van der Waals surface area contributed by atoms with E-state index in [2.05, 4.69) is 33.0 Å². The monoisotopic (exact) mass is 297 g/mol. The lowest BCUT2D eigenvalue weighted by atomic mass is 10.0. The molecule has 1 heterocycles. The number of hydrogen-bond donors (Lipinski definition) is 2. The Balaban J connectivity index is 1.72. The Bertz CT molecular complexity index is 412. The average molecular weight is 297 g/mol. The van der Waals surface area contributed by atoms with E-state index in [9.17, 15) is 9.59 Å². The van der Waals surface area contributed by atoms with E-state index in [4.69, 9.17) is 5.11 Å². The highest BCUT2D eigenvalue weighted by atomic mass is 16.4. The quantitative estimate of drug-likeness (QED) is 0.814. The minimum absolute atomic E-state index is 0.0246. The number of carbonyl (C=O) groups is 2. The summed E-state index contributed by atoms with van der Waals surface area (Å²) in [6, 6.07) is -0.0246. The third kappa shape index (κ3) is 3.15. The molecule has 0 radical (unpaired) electrons. The Labute approximate surface area is 126 Å². The lowest BCUT2D eigenvalue weighted by Crippen LogP contribution is -2.52. The first-order chi connectivity index (χ1) is 9.66. The van der Waals surface area contributed by atoms with Gasteiger partial charge in [-0.25, -0.2) is 4.79 Å². The van der Waals surface area contributed by atoms with Gasteiger partial charge in [-0.1, -0.05) is 27.7 Å². The van der Waals surface area contributed by atoms with Gasteiger partial charge in [-0.2, -0.15) is 0 Å². The van der Waals surface area contributed by atoms with Crippen LogP contribution in [0.5, 0.6) is 0 Å². The number of aliphatic carboxylic acids is 1. The Morgan fingerprint density at radius 3 is 2.05 bits per heavy atom. The van der Waals surface area contributed by atoms with Crippen LogP contribution in [0.2, 0.25) is 0 Å². The lowest BCUT2D eigenvalue weighted by molar-refractivity contribution is -0.138. The molecule has 1 saturated heterocycles.